The maximum absolute atomic E-state index is 10.3. The third-order valence-electron chi connectivity index (χ3n) is 4.01. The molecule has 0 aromatic carbocycles. The Hall–Kier alpha value is -0.370. The molecule has 0 aromatic rings. The molecule has 0 heterocycles. The molecule has 0 bridgehead atoms. The fourth-order valence-electron chi connectivity index (χ4n) is 2.45. The number of hydrogen-bond donors (Lipinski definition) is 1. The van der Waals surface area contributed by atoms with Gasteiger partial charge in [0.25, 0.3) is 0 Å². The zero-order chi connectivity index (χ0) is 10.1. The molecule has 0 spiro atoms. The highest BCUT2D eigenvalue weighted by atomic mass is 16.3. The Bertz CT molecular complexity index is 198. The van der Waals surface area contributed by atoms with Gasteiger partial charge in [-0.2, -0.15) is 0 Å². The van der Waals surface area contributed by atoms with E-state index in [0.717, 1.165) is 25.5 Å². The first kappa shape index (κ1) is 10.7. The predicted octanol–water partition coefficient (Wildman–Crippen LogP) is 2.15. The van der Waals surface area contributed by atoms with Crippen LogP contribution in [0, 0.1) is 11.3 Å². The van der Waals surface area contributed by atoms with E-state index in [4.69, 9.17) is 0 Å². The molecule has 1 saturated carbocycles. The zero-order valence-corrected chi connectivity index (χ0v) is 8.84. The molecule has 2 heteroatoms. The summed E-state index contributed by atoms with van der Waals surface area (Å²) in [6.45, 7) is 6.18. The highest BCUT2D eigenvalue weighted by Gasteiger charge is 2.47. The lowest BCUT2D eigenvalue weighted by Gasteiger charge is -2.33. The molecule has 2 nitrogen and oxygen atoms in total. The van der Waals surface area contributed by atoms with Crippen molar-refractivity contribution in [3.8, 4) is 0 Å². The van der Waals surface area contributed by atoms with Crippen LogP contribution < -0.4 is 0 Å². The van der Waals surface area contributed by atoms with Crippen molar-refractivity contribution in [2.24, 2.45) is 11.3 Å². The Kier molecular flexibility index (Phi) is 2.81. The van der Waals surface area contributed by atoms with Crippen molar-refractivity contribution < 1.29 is 9.90 Å². The average Bonchev–Trinajstić information content (AvgIpc) is 2.28. The van der Waals surface area contributed by atoms with Crippen molar-refractivity contribution in [2.45, 2.75) is 52.1 Å². The van der Waals surface area contributed by atoms with Crippen LogP contribution in [0.4, 0.5) is 0 Å². The minimum Gasteiger partial charge on any atom is -0.390 e. The molecule has 3 atom stereocenters. The van der Waals surface area contributed by atoms with Crippen LogP contribution in [-0.4, -0.2) is 17.0 Å². The fraction of sp³-hybridized carbons (Fsp3) is 0.909. The van der Waals surface area contributed by atoms with Gasteiger partial charge in [-0.05, 0) is 37.5 Å². The van der Waals surface area contributed by atoms with Gasteiger partial charge in [-0.25, -0.2) is 0 Å². The van der Waals surface area contributed by atoms with E-state index < -0.39 is 5.60 Å². The molecule has 13 heavy (non-hydrogen) atoms. The Morgan fingerprint density at radius 3 is 2.46 bits per heavy atom. The minimum atomic E-state index is -0.530. The summed E-state index contributed by atoms with van der Waals surface area (Å²) >= 11 is 0. The van der Waals surface area contributed by atoms with Crippen LogP contribution in [0.15, 0.2) is 0 Å². The van der Waals surface area contributed by atoms with E-state index in [2.05, 4.69) is 13.8 Å². The van der Waals surface area contributed by atoms with E-state index in [0.29, 0.717) is 12.3 Å². The van der Waals surface area contributed by atoms with Crippen molar-refractivity contribution in [1.29, 1.82) is 0 Å². The molecule has 1 rings (SSSR count). The number of rotatable bonds is 3. The quantitative estimate of drug-likeness (QED) is 0.682. The maximum Gasteiger partial charge on any atom is 0.120 e. The first-order valence-electron chi connectivity index (χ1n) is 5.08. The third-order valence-corrected chi connectivity index (χ3v) is 4.01. The van der Waals surface area contributed by atoms with Crippen LogP contribution in [-0.2, 0) is 4.79 Å². The van der Waals surface area contributed by atoms with Crippen LogP contribution in [0.1, 0.15) is 46.5 Å². The summed E-state index contributed by atoms with van der Waals surface area (Å²) in [6, 6.07) is 0. The first-order chi connectivity index (χ1) is 5.92. The van der Waals surface area contributed by atoms with Gasteiger partial charge in [-0.3, -0.25) is 0 Å². The van der Waals surface area contributed by atoms with Gasteiger partial charge < -0.3 is 9.90 Å². The summed E-state index contributed by atoms with van der Waals surface area (Å²) in [6.07, 6.45) is 4.41. The van der Waals surface area contributed by atoms with Crippen LogP contribution in [0.5, 0.6) is 0 Å². The van der Waals surface area contributed by atoms with Gasteiger partial charge in [-0.15, -0.1) is 0 Å². The van der Waals surface area contributed by atoms with Crippen LogP contribution >= 0.6 is 0 Å². The van der Waals surface area contributed by atoms with Gasteiger partial charge in [0.05, 0.1) is 5.60 Å². The Balaban J connectivity index is 2.65. The van der Waals surface area contributed by atoms with E-state index in [1.165, 1.54) is 0 Å². The third kappa shape index (κ3) is 1.93. The molecule has 1 fully saturated rings. The number of aliphatic hydroxyl groups is 1. The van der Waals surface area contributed by atoms with Gasteiger partial charge in [0, 0.05) is 6.42 Å². The monoisotopic (exact) mass is 184 g/mol. The highest BCUT2D eigenvalue weighted by Crippen LogP contribution is 2.51. The predicted molar refractivity (Wildman–Crippen MR) is 52.4 cm³/mol. The van der Waals surface area contributed by atoms with E-state index in [-0.39, 0.29) is 5.41 Å². The van der Waals surface area contributed by atoms with Crippen LogP contribution in [0.2, 0.25) is 0 Å². The molecular weight excluding hydrogens is 164 g/mol. The average molecular weight is 184 g/mol. The SMILES string of the molecule is CC1C(C)(O)CCC1(C)CCC=O. The summed E-state index contributed by atoms with van der Waals surface area (Å²) < 4.78 is 0. The van der Waals surface area contributed by atoms with E-state index in [1.54, 1.807) is 0 Å². The second-order valence-corrected chi connectivity index (χ2v) is 4.94. The highest BCUT2D eigenvalue weighted by molar-refractivity contribution is 5.49. The second kappa shape index (κ2) is 3.41. The number of aldehydes is 1. The van der Waals surface area contributed by atoms with Crippen molar-refractivity contribution >= 4 is 6.29 Å². The molecule has 0 amide bonds. The van der Waals surface area contributed by atoms with Crippen molar-refractivity contribution in [3.05, 3.63) is 0 Å². The lowest BCUT2D eigenvalue weighted by atomic mass is 9.74. The van der Waals surface area contributed by atoms with Crippen LogP contribution in [0.3, 0.4) is 0 Å². The topological polar surface area (TPSA) is 37.3 Å². The molecule has 1 N–H and O–H groups in total. The smallest absolute Gasteiger partial charge is 0.120 e. The summed E-state index contributed by atoms with van der Waals surface area (Å²) in [7, 11) is 0. The molecule has 1 aliphatic carbocycles. The Morgan fingerprint density at radius 1 is 1.46 bits per heavy atom. The van der Waals surface area contributed by atoms with Gasteiger partial charge in [0.2, 0.25) is 0 Å². The van der Waals surface area contributed by atoms with Crippen molar-refractivity contribution in [1.82, 2.24) is 0 Å². The molecule has 0 radical (unpaired) electrons. The standard InChI is InChI=1S/C11H20O2/c1-9-10(2,5-4-8-12)6-7-11(9,3)13/h8-9,13H,4-7H2,1-3H3. The van der Waals surface area contributed by atoms with Gasteiger partial charge >= 0.3 is 0 Å². The largest absolute Gasteiger partial charge is 0.390 e. The number of carbonyl (C=O) groups is 1. The summed E-state index contributed by atoms with van der Waals surface area (Å²) in [5.41, 5.74) is -0.373. The normalized spacial score (nSPS) is 45.1. The second-order valence-electron chi connectivity index (χ2n) is 4.94. The van der Waals surface area contributed by atoms with E-state index >= 15 is 0 Å². The molecule has 3 unspecified atom stereocenters. The maximum atomic E-state index is 10.3. The molecule has 0 saturated heterocycles. The first-order valence-corrected chi connectivity index (χ1v) is 5.08. The van der Waals surface area contributed by atoms with Crippen molar-refractivity contribution in [2.75, 3.05) is 0 Å². The van der Waals surface area contributed by atoms with Crippen LogP contribution in [0.25, 0.3) is 0 Å². The lowest BCUT2D eigenvalue weighted by Crippen LogP contribution is -2.34. The molecule has 0 aliphatic heterocycles. The fourth-order valence-corrected chi connectivity index (χ4v) is 2.45. The van der Waals surface area contributed by atoms with Gasteiger partial charge in [-0.1, -0.05) is 13.8 Å². The number of carbonyl (C=O) groups excluding carboxylic acids is 1. The minimum absolute atomic E-state index is 0.157. The summed E-state index contributed by atoms with van der Waals surface area (Å²) in [5, 5.41) is 10.0. The lowest BCUT2D eigenvalue weighted by molar-refractivity contribution is -0.108. The molecule has 0 aromatic heterocycles. The molecule has 1 aliphatic rings. The molecular formula is C11H20O2. The zero-order valence-electron chi connectivity index (χ0n) is 8.84. The van der Waals surface area contributed by atoms with E-state index in [1.807, 2.05) is 6.92 Å². The Labute approximate surface area is 80.3 Å². The summed E-state index contributed by atoms with van der Waals surface area (Å²) in [5.74, 6) is 0.292. The Morgan fingerprint density at radius 2 is 2.08 bits per heavy atom. The molecule has 76 valence electrons. The van der Waals surface area contributed by atoms with Gasteiger partial charge in [0.1, 0.15) is 6.29 Å². The van der Waals surface area contributed by atoms with Crippen molar-refractivity contribution in [3.63, 3.8) is 0 Å². The summed E-state index contributed by atoms with van der Waals surface area (Å²) in [4.78, 5) is 10.3. The van der Waals surface area contributed by atoms with E-state index in [9.17, 15) is 9.90 Å². The van der Waals surface area contributed by atoms with Gasteiger partial charge in [0.15, 0.2) is 0 Å². The number of hydrogen-bond acceptors (Lipinski definition) is 2.